The summed E-state index contributed by atoms with van der Waals surface area (Å²) >= 11 is 0. The minimum Gasteiger partial charge on any atom is -0.497 e. The maximum absolute atomic E-state index is 11.5. The predicted molar refractivity (Wildman–Crippen MR) is 88.8 cm³/mol. The summed E-state index contributed by atoms with van der Waals surface area (Å²) in [5.74, 6) is -0.0383. The number of carboxylic acids is 1. The molecule has 0 bridgehead atoms. The van der Waals surface area contributed by atoms with Gasteiger partial charge in [-0.2, -0.15) is 0 Å². The number of aliphatic carboxylic acids is 1. The monoisotopic (exact) mass is 326 g/mol. The van der Waals surface area contributed by atoms with Gasteiger partial charge in [0.25, 0.3) is 0 Å². The second kappa shape index (κ2) is 6.62. The quantitative estimate of drug-likeness (QED) is 0.754. The van der Waals surface area contributed by atoms with Crippen molar-refractivity contribution < 1.29 is 19.4 Å². The lowest BCUT2D eigenvalue weighted by atomic mass is 9.91. The van der Waals surface area contributed by atoms with Crippen LogP contribution in [0.3, 0.4) is 0 Å². The molecule has 2 aromatic heterocycles. The maximum atomic E-state index is 11.5. The van der Waals surface area contributed by atoms with Crippen molar-refractivity contribution in [3.8, 4) is 11.5 Å². The molecular weight excluding hydrogens is 308 g/mol. The van der Waals surface area contributed by atoms with Crippen LogP contribution in [0, 0.1) is 0 Å². The number of fused-ring (bicyclic) bond motifs is 1. The first-order valence-corrected chi connectivity index (χ1v) is 7.49. The van der Waals surface area contributed by atoms with Crippen molar-refractivity contribution in [2.75, 3.05) is 14.2 Å². The predicted octanol–water partition coefficient (Wildman–Crippen LogP) is 2.96. The van der Waals surface area contributed by atoms with Crippen LogP contribution in [0.1, 0.15) is 23.6 Å². The minimum atomic E-state index is -0.893. The van der Waals surface area contributed by atoms with Crippen LogP contribution in [-0.4, -0.2) is 34.7 Å². The van der Waals surface area contributed by atoms with Crippen molar-refractivity contribution in [1.29, 1.82) is 0 Å². The number of hydrogen-bond donors (Lipinski definition) is 1. The lowest BCUT2D eigenvalue weighted by Crippen LogP contribution is -2.11. The maximum Gasteiger partial charge on any atom is 0.304 e. The topological polar surface area (TPSA) is 73.1 Å². The van der Waals surface area contributed by atoms with Crippen molar-refractivity contribution in [3.63, 3.8) is 0 Å². The third kappa shape index (κ3) is 2.90. The zero-order valence-corrected chi connectivity index (χ0v) is 13.5. The minimum absolute atomic E-state index is 0.0772. The van der Waals surface area contributed by atoms with E-state index in [1.54, 1.807) is 32.5 Å². The highest BCUT2D eigenvalue weighted by atomic mass is 16.5. The fraction of sp³-hybridized carbons (Fsp3) is 0.222. The number of imidazole rings is 1. The Morgan fingerprint density at radius 2 is 2.08 bits per heavy atom. The van der Waals surface area contributed by atoms with E-state index in [0.717, 1.165) is 16.9 Å². The Hall–Kier alpha value is -3.02. The van der Waals surface area contributed by atoms with Gasteiger partial charge in [-0.3, -0.25) is 4.79 Å². The molecule has 6 heteroatoms. The van der Waals surface area contributed by atoms with E-state index in [9.17, 15) is 9.90 Å². The van der Waals surface area contributed by atoms with Crippen molar-refractivity contribution in [2.24, 2.45) is 0 Å². The highest BCUT2D eigenvalue weighted by molar-refractivity contribution is 5.69. The van der Waals surface area contributed by atoms with E-state index in [1.165, 1.54) is 0 Å². The van der Waals surface area contributed by atoms with Crippen molar-refractivity contribution in [3.05, 3.63) is 60.0 Å². The summed E-state index contributed by atoms with van der Waals surface area (Å²) in [5.41, 5.74) is 2.31. The van der Waals surface area contributed by atoms with E-state index >= 15 is 0 Å². The smallest absolute Gasteiger partial charge is 0.304 e. The van der Waals surface area contributed by atoms with E-state index in [2.05, 4.69) is 4.98 Å². The van der Waals surface area contributed by atoms with Crippen molar-refractivity contribution in [1.82, 2.24) is 9.38 Å². The lowest BCUT2D eigenvalue weighted by molar-refractivity contribution is -0.137. The summed E-state index contributed by atoms with van der Waals surface area (Å²) in [4.78, 5) is 15.8. The van der Waals surface area contributed by atoms with Gasteiger partial charge in [-0.05, 0) is 30.3 Å². The van der Waals surface area contributed by atoms with Gasteiger partial charge in [0.15, 0.2) is 0 Å². The summed E-state index contributed by atoms with van der Waals surface area (Å²) < 4.78 is 12.6. The van der Waals surface area contributed by atoms with Gasteiger partial charge >= 0.3 is 5.97 Å². The number of carbonyl (C=O) groups is 1. The first kappa shape index (κ1) is 15.9. The highest BCUT2D eigenvalue weighted by Gasteiger charge is 2.25. The molecule has 0 aliphatic rings. The molecule has 0 aliphatic heterocycles. The van der Waals surface area contributed by atoms with Gasteiger partial charge < -0.3 is 19.0 Å². The van der Waals surface area contributed by atoms with Crippen LogP contribution in [0.5, 0.6) is 11.5 Å². The van der Waals surface area contributed by atoms with Gasteiger partial charge in [0, 0.05) is 23.9 Å². The largest absolute Gasteiger partial charge is 0.497 e. The second-order valence-corrected chi connectivity index (χ2v) is 5.37. The average Bonchev–Trinajstić information content (AvgIpc) is 3.03. The molecule has 1 N–H and O–H groups in total. The molecule has 0 spiro atoms. The molecule has 124 valence electrons. The molecule has 0 saturated carbocycles. The van der Waals surface area contributed by atoms with E-state index < -0.39 is 11.9 Å². The molecule has 0 amide bonds. The molecule has 24 heavy (non-hydrogen) atoms. The van der Waals surface area contributed by atoms with Gasteiger partial charge in [0.2, 0.25) is 0 Å². The number of benzene rings is 1. The fourth-order valence-corrected chi connectivity index (χ4v) is 2.87. The highest BCUT2D eigenvalue weighted by Crippen LogP contribution is 2.37. The van der Waals surface area contributed by atoms with E-state index in [1.807, 2.05) is 34.9 Å². The molecular formula is C18H18N2O4. The Morgan fingerprint density at radius 1 is 1.25 bits per heavy atom. The number of hydrogen-bond acceptors (Lipinski definition) is 4. The summed E-state index contributed by atoms with van der Waals surface area (Å²) in [5, 5.41) is 9.40. The summed E-state index contributed by atoms with van der Waals surface area (Å²) in [6, 6.07) is 11.0. The van der Waals surface area contributed by atoms with E-state index in [-0.39, 0.29) is 6.42 Å². The molecule has 1 unspecified atom stereocenters. The molecule has 1 aromatic carbocycles. The average molecular weight is 326 g/mol. The Balaban J connectivity index is 2.19. The first-order chi connectivity index (χ1) is 11.6. The van der Waals surface area contributed by atoms with Crippen molar-refractivity contribution in [2.45, 2.75) is 12.3 Å². The fourth-order valence-electron chi connectivity index (χ4n) is 2.87. The van der Waals surface area contributed by atoms with Crippen molar-refractivity contribution >= 4 is 11.6 Å². The zero-order chi connectivity index (χ0) is 17.1. The Bertz CT molecular complexity index is 872. The van der Waals surface area contributed by atoms with Crippen LogP contribution < -0.4 is 9.47 Å². The van der Waals surface area contributed by atoms with Crippen LogP contribution >= 0.6 is 0 Å². The summed E-state index contributed by atoms with van der Waals surface area (Å²) in [6.45, 7) is 0. The molecule has 0 saturated heterocycles. The third-order valence-corrected chi connectivity index (χ3v) is 3.99. The Kier molecular flexibility index (Phi) is 4.37. The number of ether oxygens (including phenoxy) is 2. The van der Waals surface area contributed by atoms with Gasteiger partial charge in [0.1, 0.15) is 17.1 Å². The molecule has 3 rings (SSSR count). The number of nitrogens with zero attached hydrogens (tertiary/aromatic N) is 2. The number of aromatic nitrogens is 2. The standard InChI is InChI=1S/C18H18N2O4/c1-23-12-6-7-16(24-2)14(9-12)13(10-18(21)22)15-11-19-17-5-3-4-8-20(15)17/h3-9,11,13H,10H2,1-2H3,(H,21,22). The zero-order valence-electron chi connectivity index (χ0n) is 13.5. The van der Waals surface area contributed by atoms with Gasteiger partial charge in [0.05, 0.1) is 26.3 Å². The van der Waals surface area contributed by atoms with Crippen LogP contribution in [0.2, 0.25) is 0 Å². The van der Waals surface area contributed by atoms with Gasteiger partial charge in [-0.1, -0.05) is 6.07 Å². The van der Waals surface area contributed by atoms with Crippen LogP contribution in [0.4, 0.5) is 0 Å². The normalized spacial score (nSPS) is 12.1. The van der Waals surface area contributed by atoms with E-state index in [0.29, 0.717) is 11.5 Å². The molecule has 6 nitrogen and oxygen atoms in total. The first-order valence-electron chi connectivity index (χ1n) is 7.49. The van der Waals surface area contributed by atoms with Crippen LogP contribution in [0.25, 0.3) is 5.65 Å². The SMILES string of the molecule is COc1ccc(OC)c(C(CC(=O)O)c2cnc3ccccn23)c1. The molecule has 3 aromatic rings. The molecule has 1 atom stereocenters. The number of pyridine rings is 1. The van der Waals surface area contributed by atoms with E-state index in [4.69, 9.17) is 9.47 Å². The Morgan fingerprint density at radius 3 is 2.79 bits per heavy atom. The molecule has 0 fully saturated rings. The number of rotatable bonds is 6. The van der Waals surface area contributed by atoms with Gasteiger partial charge in [-0.25, -0.2) is 4.98 Å². The Labute approximate surface area is 139 Å². The third-order valence-electron chi connectivity index (χ3n) is 3.99. The number of methoxy groups -OCH3 is 2. The molecule has 0 radical (unpaired) electrons. The molecule has 2 heterocycles. The summed E-state index contributed by atoms with van der Waals surface area (Å²) in [6.07, 6.45) is 3.51. The lowest BCUT2D eigenvalue weighted by Gasteiger charge is -2.19. The van der Waals surface area contributed by atoms with Gasteiger partial charge in [-0.15, -0.1) is 0 Å². The number of carboxylic acid groups (broad SMARTS) is 1. The van der Waals surface area contributed by atoms with Crippen LogP contribution in [-0.2, 0) is 4.79 Å². The second-order valence-electron chi connectivity index (χ2n) is 5.37. The summed E-state index contributed by atoms with van der Waals surface area (Å²) in [7, 11) is 3.14. The van der Waals surface area contributed by atoms with Crippen LogP contribution in [0.15, 0.2) is 48.8 Å². The molecule has 0 aliphatic carbocycles.